The van der Waals surface area contributed by atoms with Crippen molar-refractivity contribution in [3.8, 4) is 0 Å². The molecule has 0 aromatic heterocycles. The third-order valence-corrected chi connectivity index (χ3v) is 4.38. The van der Waals surface area contributed by atoms with E-state index in [2.05, 4.69) is 59.8 Å². The minimum Gasteiger partial charge on any atom is -0.362 e. The van der Waals surface area contributed by atoms with Crippen LogP contribution in [-0.2, 0) is 6.42 Å². The number of hydrogen-bond acceptors (Lipinski definition) is 5. The highest BCUT2D eigenvalue weighted by atomic mass is 15.6. The second-order valence-corrected chi connectivity index (χ2v) is 6.32. The third-order valence-electron chi connectivity index (χ3n) is 4.38. The number of allylic oxidation sites excluding steroid dienone is 1. The molecule has 0 radical (unpaired) electrons. The quantitative estimate of drug-likeness (QED) is 0.902. The number of nitrogens with one attached hydrogen (secondary N) is 1. The van der Waals surface area contributed by atoms with Gasteiger partial charge in [-0.3, -0.25) is 0 Å². The van der Waals surface area contributed by atoms with E-state index in [1.54, 1.807) is 6.08 Å². The molecule has 2 aliphatic rings. The summed E-state index contributed by atoms with van der Waals surface area (Å²) in [6.07, 6.45) is 2.88. The molecule has 0 unspecified atom stereocenters. The average molecular weight is 323 g/mol. The van der Waals surface area contributed by atoms with Gasteiger partial charge in [-0.25, -0.2) is 10.0 Å². The number of para-hydroxylation sites is 1. The molecule has 0 saturated heterocycles. The van der Waals surface area contributed by atoms with E-state index in [-0.39, 0.29) is 0 Å². The van der Waals surface area contributed by atoms with Gasteiger partial charge >= 0.3 is 0 Å². The molecule has 0 spiro atoms. The second-order valence-electron chi connectivity index (χ2n) is 6.32. The lowest BCUT2D eigenvalue weighted by atomic mass is 10.1. The molecule has 0 atom stereocenters. The summed E-state index contributed by atoms with van der Waals surface area (Å²) < 4.78 is 0. The predicted molar refractivity (Wildman–Crippen MR) is 101 cm³/mol. The van der Waals surface area contributed by atoms with Crippen LogP contribution in [0.1, 0.15) is 5.56 Å². The Hall–Kier alpha value is -2.53. The Morgan fingerprint density at radius 2 is 2.04 bits per heavy atom. The Labute approximate surface area is 144 Å². The van der Waals surface area contributed by atoms with E-state index in [9.17, 15) is 0 Å². The van der Waals surface area contributed by atoms with Crippen molar-refractivity contribution in [2.45, 2.75) is 6.42 Å². The molecule has 126 valence electrons. The maximum absolute atomic E-state index is 4.76. The summed E-state index contributed by atoms with van der Waals surface area (Å²) in [6, 6.07) is 8.57. The van der Waals surface area contributed by atoms with Crippen molar-refractivity contribution in [2.75, 3.05) is 39.2 Å². The Morgan fingerprint density at radius 1 is 1.29 bits per heavy atom. The van der Waals surface area contributed by atoms with Gasteiger partial charge in [-0.1, -0.05) is 37.4 Å². The molecule has 5 heteroatoms. The summed E-state index contributed by atoms with van der Waals surface area (Å²) in [5, 5.41) is 7.83. The van der Waals surface area contributed by atoms with Crippen LogP contribution in [0.3, 0.4) is 0 Å². The fourth-order valence-electron chi connectivity index (χ4n) is 3.20. The average Bonchev–Trinajstić information content (AvgIpc) is 2.98. The van der Waals surface area contributed by atoms with E-state index in [0.717, 1.165) is 35.9 Å². The van der Waals surface area contributed by atoms with Crippen molar-refractivity contribution in [1.82, 2.24) is 15.2 Å². The smallest absolute Gasteiger partial charge is 0.139 e. The first-order valence-corrected chi connectivity index (χ1v) is 8.15. The topological polar surface area (TPSA) is 34.1 Å². The van der Waals surface area contributed by atoms with Crippen molar-refractivity contribution in [2.24, 2.45) is 4.99 Å². The van der Waals surface area contributed by atoms with Crippen molar-refractivity contribution in [3.05, 3.63) is 66.2 Å². The van der Waals surface area contributed by atoms with Crippen LogP contribution < -0.4 is 10.3 Å². The van der Waals surface area contributed by atoms with E-state index in [1.807, 2.05) is 19.0 Å². The Balaban J connectivity index is 1.80. The lowest BCUT2D eigenvalue weighted by molar-refractivity contribution is 0.351. The number of amidine groups is 1. The molecule has 5 nitrogen and oxygen atoms in total. The van der Waals surface area contributed by atoms with Crippen LogP contribution in [0.15, 0.2) is 65.6 Å². The van der Waals surface area contributed by atoms with E-state index in [1.165, 1.54) is 11.3 Å². The standard InChI is InChI=1S/C19H25N5/c1-6-16-14(2)20-18(21-19(16)22(3)4)13-23(5)24-12-11-15-9-7-8-10-17(15)24/h6-10H,1-2,11-13H2,3-5H3,(H,20,21). The van der Waals surface area contributed by atoms with Gasteiger partial charge in [0.05, 0.1) is 12.2 Å². The molecule has 24 heavy (non-hydrogen) atoms. The maximum atomic E-state index is 4.76. The molecular weight excluding hydrogens is 298 g/mol. The number of benzene rings is 1. The SMILES string of the molecule is C=CC1=C(N(C)C)N=C(CN(C)N2CCc3ccccc32)NC1=C. The highest BCUT2D eigenvalue weighted by Crippen LogP contribution is 2.28. The zero-order chi connectivity index (χ0) is 17.3. The van der Waals surface area contributed by atoms with Gasteiger partial charge in [0.15, 0.2) is 0 Å². The summed E-state index contributed by atoms with van der Waals surface area (Å²) >= 11 is 0. The first-order chi connectivity index (χ1) is 11.5. The van der Waals surface area contributed by atoms with Gasteiger partial charge in [0.25, 0.3) is 0 Å². The largest absolute Gasteiger partial charge is 0.362 e. The van der Waals surface area contributed by atoms with E-state index in [4.69, 9.17) is 4.99 Å². The lowest BCUT2D eigenvalue weighted by Crippen LogP contribution is -2.46. The number of hydrazine groups is 1. The second kappa shape index (κ2) is 6.53. The molecule has 0 bridgehead atoms. The molecule has 1 aromatic carbocycles. The van der Waals surface area contributed by atoms with Crippen LogP contribution >= 0.6 is 0 Å². The molecule has 0 amide bonds. The highest BCUT2D eigenvalue weighted by molar-refractivity contribution is 5.89. The van der Waals surface area contributed by atoms with Crippen LogP contribution in [0.5, 0.6) is 0 Å². The zero-order valence-electron chi connectivity index (χ0n) is 14.7. The molecule has 2 heterocycles. The fourth-order valence-corrected chi connectivity index (χ4v) is 3.20. The zero-order valence-corrected chi connectivity index (χ0v) is 14.7. The molecule has 3 rings (SSSR count). The maximum Gasteiger partial charge on any atom is 0.139 e. The van der Waals surface area contributed by atoms with Crippen LogP contribution in [-0.4, -0.2) is 50.0 Å². The van der Waals surface area contributed by atoms with Gasteiger partial charge in [0, 0.05) is 39.0 Å². The Kier molecular flexibility index (Phi) is 4.44. The number of anilines is 1. The number of aliphatic imine (C=N–C) groups is 1. The molecule has 1 aromatic rings. The Morgan fingerprint density at radius 3 is 2.75 bits per heavy atom. The van der Waals surface area contributed by atoms with Gasteiger partial charge in [-0.05, 0) is 18.1 Å². The fraction of sp³-hybridized carbons (Fsp3) is 0.316. The number of nitrogens with zero attached hydrogens (tertiary/aromatic N) is 4. The summed E-state index contributed by atoms with van der Waals surface area (Å²) in [5.74, 6) is 1.78. The van der Waals surface area contributed by atoms with Crippen LogP contribution in [0, 0.1) is 0 Å². The van der Waals surface area contributed by atoms with E-state index < -0.39 is 0 Å². The summed E-state index contributed by atoms with van der Waals surface area (Å²) in [4.78, 5) is 6.76. The first kappa shape index (κ1) is 16.3. The van der Waals surface area contributed by atoms with Crippen molar-refractivity contribution < 1.29 is 0 Å². The number of hydrogen-bond donors (Lipinski definition) is 1. The summed E-state index contributed by atoms with van der Waals surface area (Å²) in [5.41, 5.74) is 4.47. The van der Waals surface area contributed by atoms with E-state index >= 15 is 0 Å². The van der Waals surface area contributed by atoms with Gasteiger partial charge in [-0.2, -0.15) is 0 Å². The molecule has 0 fully saturated rings. The summed E-state index contributed by atoms with van der Waals surface area (Å²) in [6.45, 7) is 9.67. The molecule has 2 aliphatic heterocycles. The monoisotopic (exact) mass is 323 g/mol. The first-order valence-electron chi connectivity index (χ1n) is 8.15. The lowest BCUT2D eigenvalue weighted by Gasteiger charge is -2.33. The number of fused-ring (bicyclic) bond motifs is 1. The third kappa shape index (κ3) is 2.95. The van der Waals surface area contributed by atoms with Crippen molar-refractivity contribution in [1.29, 1.82) is 0 Å². The minimum absolute atomic E-state index is 0.690. The molecular formula is C19H25N5. The Bertz CT molecular complexity index is 729. The highest BCUT2D eigenvalue weighted by Gasteiger charge is 2.24. The molecule has 0 aliphatic carbocycles. The van der Waals surface area contributed by atoms with Gasteiger partial charge in [-0.15, -0.1) is 0 Å². The van der Waals surface area contributed by atoms with Gasteiger partial charge < -0.3 is 15.2 Å². The van der Waals surface area contributed by atoms with Crippen LogP contribution in [0.25, 0.3) is 0 Å². The molecule has 1 N–H and O–H groups in total. The minimum atomic E-state index is 0.690. The van der Waals surface area contributed by atoms with Crippen molar-refractivity contribution in [3.63, 3.8) is 0 Å². The normalized spacial score (nSPS) is 16.9. The van der Waals surface area contributed by atoms with Crippen LogP contribution in [0.4, 0.5) is 5.69 Å². The van der Waals surface area contributed by atoms with E-state index in [0.29, 0.717) is 6.54 Å². The number of likely N-dealkylation sites (N-methyl/N-ethyl adjacent to an activating group) is 1. The number of rotatable bonds is 5. The van der Waals surface area contributed by atoms with Gasteiger partial charge in [0.2, 0.25) is 0 Å². The predicted octanol–water partition coefficient (Wildman–Crippen LogP) is 2.37. The molecule has 0 saturated carbocycles. The van der Waals surface area contributed by atoms with Gasteiger partial charge in [0.1, 0.15) is 11.7 Å². The van der Waals surface area contributed by atoms with Crippen molar-refractivity contribution >= 4 is 11.5 Å². The summed E-state index contributed by atoms with van der Waals surface area (Å²) in [7, 11) is 6.06. The van der Waals surface area contributed by atoms with Crippen LogP contribution in [0.2, 0.25) is 0 Å².